The second-order valence-corrected chi connectivity index (χ2v) is 10.4. The van der Waals surface area contributed by atoms with E-state index in [-0.39, 0.29) is 28.8 Å². The molecule has 0 aliphatic carbocycles. The van der Waals surface area contributed by atoms with E-state index in [9.17, 15) is 9.59 Å². The van der Waals surface area contributed by atoms with Gasteiger partial charge in [-0.3, -0.25) is 14.5 Å². The van der Waals surface area contributed by atoms with Gasteiger partial charge in [0.25, 0.3) is 5.56 Å². The Balaban J connectivity index is 1.82. The molecule has 1 aliphatic rings. The quantitative estimate of drug-likeness (QED) is 0.287. The number of hydrogen-bond donors (Lipinski definition) is 0. The molecule has 2 aromatic carbocycles. The van der Waals surface area contributed by atoms with Crippen LogP contribution in [0.15, 0.2) is 65.6 Å². The van der Waals surface area contributed by atoms with Crippen molar-refractivity contribution in [2.24, 2.45) is 0 Å². The molecule has 1 atom stereocenters. The van der Waals surface area contributed by atoms with Crippen LogP contribution < -0.4 is 15.2 Å². The first-order chi connectivity index (χ1) is 18.2. The molecule has 7 nitrogen and oxygen atoms in total. The van der Waals surface area contributed by atoms with Crippen LogP contribution in [0.4, 0.5) is 5.69 Å². The molecule has 9 heteroatoms. The number of fused-ring (bicyclic) bond motifs is 1. The van der Waals surface area contributed by atoms with Gasteiger partial charge in [-0.15, -0.1) is 0 Å². The summed E-state index contributed by atoms with van der Waals surface area (Å²) in [5.74, 6) is 0.603. The van der Waals surface area contributed by atoms with Gasteiger partial charge in [-0.05, 0) is 48.7 Å². The Morgan fingerprint density at radius 1 is 1.08 bits per heavy atom. The van der Waals surface area contributed by atoms with Crippen LogP contribution in [0.5, 0.6) is 5.75 Å². The smallest absolute Gasteiger partial charge is 0.269 e. The summed E-state index contributed by atoms with van der Waals surface area (Å²) in [6, 6.07) is 16.2. The number of aromatic nitrogens is 3. The zero-order valence-electron chi connectivity index (χ0n) is 21.6. The van der Waals surface area contributed by atoms with Gasteiger partial charge in [0.15, 0.2) is 0 Å². The van der Waals surface area contributed by atoms with Gasteiger partial charge in [0.2, 0.25) is 5.91 Å². The van der Waals surface area contributed by atoms with E-state index < -0.39 is 6.04 Å². The molecule has 3 heterocycles. The Morgan fingerprint density at radius 3 is 2.45 bits per heavy atom. The van der Waals surface area contributed by atoms with Crippen LogP contribution >= 0.6 is 23.2 Å². The van der Waals surface area contributed by atoms with Crippen molar-refractivity contribution < 1.29 is 9.53 Å². The Bertz CT molecular complexity index is 1570. The lowest BCUT2D eigenvalue weighted by Crippen LogP contribution is -2.42. The molecule has 0 N–H and O–H groups in total. The third-order valence-electron chi connectivity index (χ3n) is 6.85. The zero-order chi connectivity index (χ0) is 27.1. The summed E-state index contributed by atoms with van der Waals surface area (Å²) in [4.78, 5) is 28.1. The van der Waals surface area contributed by atoms with E-state index >= 15 is 0 Å². The molecule has 5 rings (SSSR count). The number of benzene rings is 2. The first kappa shape index (κ1) is 26.1. The van der Waals surface area contributed by atoms with E-state index in [2.05, 4.69) is 13.8 Å². The first-order valence-corrected chi connectivity index (χ1v) is 13.2. The van der Waals surface area contributed by atoms with Gasteiger partial charge in [-0.1, -0.05) is 61.3 Å². The summed E-state index contributed by atoms with van der Waals surface area (Å²) >= 11 is 12.6. The molecule has 0 fully saturated rings. The highest BCUT2D eigenvalue weighted by Crippen LogP contribution is 2.44. The Hall–Kier alpha value is -3.55. The lowest BCUT2D eigenvalue weighted by Gasteiger charge is -2.37. The minimum Gasteiger partial charge on any atom is -0.494 e. The minimum absolute atomic E-state index is 0.0617. The van der Waals surface area contributed by atoms with E-state index in [0.717, 1.165) is 22.5 Å². The molecule has 0 saturated carbocycles. The van der Waals surface area contributed by atoms with Crippen molar-refractivity contribution in [1.82, 2.24) is 14.3 Å². The van der Waals surface area contributed by atoms with Crippen LogP contribution in [0, 0.1) is 0 Å². The number of carbonyl (C=O) groups excluding carboxylic acids is 1. The summed E-state index contributed by atoms with van der Waals surface area (Å²) < 4.78 is 9.06. The lowest BCUT2D eigenvalue weighted by atomic mass is 9.87. The van der Waals surface area contributed by atoms with Gasteiger partial charge in [0, 0.05) is 23.3 Å². The van der Waals surface area contributed by atoms with Crippen LogP contribution in [0.3, 0.4) is 0 Å². The van der Waals surface area contributed by atoms with Crippen molar-refractivity contribution in [2.75, 3.05) is 12.0 Å². The third kappa shape index (κ3) is 4.40. The molecule has 1 amide bonds. The van der Waals surface area contributed by atoms with Crippen molar-refractivity contribution in [2.45, 2.75) is 45.7 Å². The highest BCUT2D eigenvalue weighted by molar-refractivity contribution is 6.31. The first-order valence-electron chi connectivity index (χ1n) is 12.5. The highest BCUT2D eigenvalue weighted by atomic mass is 35.5. The molecule has 1 aliphatic heterocycles. The second kappa shape index (κ2) is 10.3. The maximum absolute atomic E-state index is 13.8. The molecular weight excluding hydrogens is 523 g/mol. The molecule has 0 bridgehead atoms. The molecule has 4 aromatic rings. The number of hydrogen-bond acceptors (Lipinski definition) is 4. The summed E-state index contributed by atoms with van der Waals surface area (Å²) in [6.07, 6.45) is 1.80. The van der Waals surface area contributed by atoms with Crippen LogP contribution in [-0.2, 0) is 17.8 Å². The van der Waals surface area contributed by atoms with Gasteiger partial charge >= 0.3 is 0 Å². The lowest BCUT2D eigenvalue weighted by molar-refractivity contribution is -0.118. The number of anilines is 1. The third-order valence-corrected chi connectivity index (χ3v) is 7.37. The van der Waals surface area contributed by atoms with E-state index in [4.69, 9.17) is 33.0 Å². The number of halogens is 2. The van der Waals surface area contributed by atoms with Crippen molar-refractivity contribution in [3.8, 4) is 11.4 Å². The van der Waals surface area contributed by atoms with Crippen LogP contribution in [0.2, 0.25) is 10.0 Å². The monoisotopic (exact) mass is 550 g/mol. The number of aryl methyl sites for hydroxylation is 1. The van der Waals surface area contributed by atoms with Gasteiger partial charge < -0.3 is 9.30 Å². The van der Waals surface area contributed by atoms with E-state index in [1.54, 1.807) is 24.3 Å². The molecule has 38 heavy (non-hydrogen) atoms. The maximum Gasteiger partial charge on any atom is 0.269 e. The SMILES string of the molecule is CCn1cc(N2C(=O)Cc3nn(-c4ccccc4OC)c(C(C)C)c3C2c2ccc(Cl)cc2)cc(Cl)c1=O. The number of methoxy groups -OCH3 is 1. The number of nitrogens with zero attached hydrogens (tertiary/aromatic N) is 4. The number of rotatable bonds is 6. The average Bonchev–Trinajstić information content (AvgIpc) is 3.29. The normalized spacial score (nSPS) is 15.2. The molecule has 0 radical (unpaired) electrons. The second-order valence-electron chi connectivity index (χ2n) is 9.52. The van der Waals surface area contributed by atoms with Gasteiger partial charge in [0.05, 0.1) is 36.6 Å². The van der Waals surface area contributed by atoms with Crippen molar-refractivity contribution in [3.05, 3.63) is 104 Å². The summed E-state index contributed by atoms with van der Waals surface area (Å²) in [7, 11) is 1.63. The van der Waals surface area contributed by atoms with Gasteiger partial charge in [-0.25, -0.2) is 4.68 Å². The molecule has 196 valence electrons. The molecule has 0 spiro atoms. The maximum atomic E-state index is 13.8. The molecule has 1 unspecified atom stereocenters. The fourth-order valence-corrected chi connectivity index (χ4v) is 5.52. The largest absolute Gasteiger partial charge is 0.494 e. The zero-order valence-corrected chi connectivity index (χ0v) is 23.1. The van der Waals surface area contributed by atoms with Crippen LogP contribution in [0.1, 0.15) is 55.2 Å². The molecular formula is C29H28Cl2N4O3. The van der Waals surface area contributed by atoms with E-state index in [1.807, 2.05) is 60.1 Å². The van der Waals surface area contributed by atoms with Crippen molar-refractivity contribution in [1.29, 1.82) is 0 Å². The number of amides is 1. The van der Waals surface area contributed by atoms with Crippen molar-refractivity contribution in [3.63, 3.8) is 0 Å². The predicted octanol–water partition coefficient (Wildman–Crippen LogP) is 6.17. The fourth-order valence-electron chi connectivity index (χ4n) is 5.17. The average molecular weight is 551 g/mol. The Labute approximate surface area is 231 Å². The summed E-state index contributed by atoms with van der Waals surface area (Å²) in [6.45, 7) is 6.50. The molecule has 0 saturated heterocycles. The summed E-state index contributed by atoms with van der Waals surface area (Å²) in [5, 5.41) is 5.63. The number of pyridine rings is 1. The van der Waals surface area contributed by atoms with Crippen LogP contribution in [0.25, 0.3) is 5.69 Å². The Morgan fingerprint density at radius 2 is 1.79 bits per heavy atom. The Kier molecular flexibility index (Phi) is 7.07. The van der Waals surface area contributed by atoms with Gasteiger partial charge in [-0.2, -0.15) is 5.10 Å². The minimum atomic E-state index is -0.511. The molecule has 2 aromatic heterocycles. The number of para-hydroxylation sites is 2. The van der Waals surface area contributed by atoms with Gasteiger partial charge in [0.1, 0.15) is 16.5 Å². The van der Waals surface area contributed by atoms with E-state index in [1.165, 1.54) is 4.57 Å². The standard InChI is InChI=1S/C29H28Cl2N4O3/c1-5-33-16-20(14-21(31)29(33)37)34-25(36)15-22-26(28(34)18-10-12-19(30)13-11-18)27(17(2)3)35(32-22)23-8-6-7-9-24(23)38-4/h6-14,16-17,28H,5,15H2,1-4H3. The van der Waals surface area contributed by atoms with E-state index in [0.29, 0.717) is 28.7 Å². The predicted molar refractivity (Wildman–Crippen MR) is 150 cm³/mol. The van der Waals surface area contributed by atoms with Crippen molar-refractivity contribution >= 4 is 34.8 Å². The fraction of sp³-hybridized carbons (Fsp3) is 0.276. The number of ether oxygens (including phenoxy) is 1. The summed E-state index contributed by atoms with van der Waals surface area (Å²) in [5.41, 5.74) is 4.54. The highest BCUT2D eigenvalue weighted by Gasteiger charge is 2.41. The van der Waals surface area contributed by atoms with Crippen LogP contribution in [-0.4, -0.2) is 27.4 Å². The topological polar surface area (TPSA) is 69.4 Å². The number of carbonyl (C=O) groups is 1.